The van der Waals surface area contributed by atoms with Crippen LogP contribution >= 0.6 is 0 Å². The number of benzene rings is 2. The normalized spacial score (nSPS) is 12.8. The number of rotatable bonds is 12. The summed E-state index contributed by atoms with van der Waals surface area (Å²) in [5.74, 6) is 0.773. The molecule has 0 fully saturated rings. The quantitative estimate of drug-likeness (QED) is 0.330. The number of aromatic hydroxyl groups is 2. The molecule has 0 heterocycles. The maximum Gasteiger partial charge on any atom is 0.311 e. The van der Waals surface area contributed by atoms with Crippen LogP contribution in [-0.4, -0.2) is 35.4 Å². The molecule has 0 atom stereocenters. The first kappa shape index (κ1) is 25.9. The van der Waals surface area contributed by atoms with Crippen molar-refractivity contribution in [3.8, 4) is 11.5 Å². The minimum absolute atomic E-state index is 0.387. The molecule has 0 radical (unpaired) electrons. The molecule has 0 bridgehead atoms. The predicted octanol–water partition coefficient (Wildman–Crippen LogP) is 6.81. The lowest BCUT2D eigenvalue weighted by Gasteiger charge is -2.39. The van der Waals surface area contributed by atoms with Gasteiger partial charge in [-0.2, -0.15) is 0 Å². The van der Waals surface area contributed by atoms with E-state index in [9.17, 15) is 10.2 Å². The monoisotopic (exact) mass is 476 g/mol. The van der Waals surface area contributed by atoms with Gasteiger partial charge in [-0.05, 0) is 100 Å². The van der Waals surface area contributed by atoms with Crippen LogP contribution in [0.25, 0.3) is 0 Å². The van der Waals surface area contributed by atoms with E-state index < -0.39 is 25.2 Å². The van der Waals surface area contributed by atoms with Crippen LogP contribution in [0.2, 0.25) is 51.4 Å². The van der Waals surface area contributed by atoms with Crippen molar-refractivity contribution >= 4 is 25.2 Å². The van der Waals surface area contributed by atoms with Gasteiger partial charge in [0, 0.05) is 0 Å². The molecule has 0 aliphatic rings. The van der Waals surface area contributed by atoms with Crippen molar-refractivity contribution in [3.63, 3.8) is 0 Å². The maximum atomic E-state index is 9.97. The van der Waals surface area contributed by atoms with Gasteiger partial charge in [0.05, 0.1) is 0 Å². The van der Waals surface area contributed by atoms with E-state index in [1.807, 2.05) is 36.4 Å². The van der Waals surface area contributed by atoms with E-state index in [2.05, 4.69) is 39.3 Å². The number of para-hydroxylation sites is 2. The maximum absolute atomic E-state index is 9.97. The van der Waals surface area contributed by atoms with Crippen molar-refractivity contribution in [2.45, 2.75) is 77.1 Å². The van der Waals surface area contributed by atoms with Gasteiger partial charge >= 0.3 is 8.56 Å². The molecule has 0 spiro atoms. The van der Waals surface area contributed by atoms with Gasteiger partial charge in [-0.3, -0.25) is 0 Å². The van der Waals surface area contributed by atoms with Crippen LogP contribution in [-0.2, 0) is 21.1 Å². The Morgan fingerprint density at radius 3 is 1.32 bits per heavy atom. The Hall–Kier alpha value is -1.39. The highest BCUT2D eigenvalue weighted by Gasteiger charge is 2.39. The molecule has 0 unspecified atom stereocenters. The highest BCUT2D eigenvalue weighted by Crippen LogP contribution is 2.28. The third kappa shape index (κ3) is 9.33. The molecule has 4 nitrogen and oxygen atoms in total. The van der Waals surface area contributed by atoms with Gasteiger partial charge in [0.1, 0.15) is 11.5 Å². The molecule has 2 rings (SSSR count). The SMILES string of the molecule is C[Si](C)(CCCc1ccccc1O)O[Si](C)(C)O[Si](C)(C)CCCc1ccccc1O. The Morgan fingerprint density at radius 2 is 0.968 bits per heavy atom. The standard InChI is InChI=1S/C24H40O4Si3/c1-29(2,19-11-15-21-13-7-9-17-23(21)25)27-31(5,6)28-30(3,4)20-12-16-22-14-8-10-18-24(22)26/h7-10,13-14,17-18,25-26H,11-12,15-16,19-20H2,1-6H3. The molecule has 2 aromatic rings. The van der Waals surface area contributed by atoms with E-state index in [4.69, 9.17) is 8.23 Å². The fourth-order valence-electron chi connectivity index (χ4n) is 4.31. The highest BCUT2D eigenvalue weighted by molar-refractivity contribution is 6.87. The lowest BCUT2D eigenvalue weighted by molar-refractivity contribution is 0.386. The molecule has 0 aromatic heterocycles. The summed E-state index contributed by atoms with van der Waals surface area (Å²) >= 11 is 0. The van der Waals surface area contributed by atoms with Crippen LogP contribution in [0.15, 0.2) is 48.5 Å². The molecule has 2 N–H and O–H groups in total. The molecular weight excluding hydrogens is 437 g/mol. The third-order valence-corrected chi connectivity index (χ3v) is 16.9. The first-order valence-corrected chi connectivity index (χ1v) is 20.4. The van der Waals surface area contributed by atoms with E-state index in [1.165, 1.54) is 0 Å². The Bertz CT molecular complexity index is 770. The van der Waals surface area contributed by atoms with Crippen LogP contribution in [0, 0.1) is 0 Å². The van der Waals surface area contributed by atoms with Crippen LogP contribution in [0.3, 0.4) is 0 Å². The average Bonchev–Trinajstić information content (AvgIpc) is 2.62. The van der Waals surface area contributed by atoms with Gasteiger partial charge in [0.25, 0.3) is 0 Å². The molecule has 172 valence electrons. The molecule has 0 aliphatic carbocycles. The summed E-state index contributed by atoms with van der Waals surface area (Å²) in [5, 5.41) is 19.9. The number of phenolic OH excluding ortho intramolecular Hbond substituents is 2. The van der Waals surface area contributed by atoms with Crippen LogP contribution in [0.4, 0.5) is 0 Å². The minimum Gasteiger partial charge on any atom is -0.508 e. The number of hydrogen-bond acceptors (Lipinski definition) is 4. The fraction of sp³-hybridized carbons (Fsp3) is 0.500. The molecule has 0 aliphatic heterocycles. The Kier molecular flexibility index (Phi) is 9.15. The summed E-state index contributed by atoms with van der Waals surface area (Å²) < 4.78 is 13.4. The van der Waals surface area contributed by atoms with Gasteiger partial charge in [-0.15, -0.1) is 0 Å². The lowest BCUT2D eigenvalue weighted by Crippen LogP contribution is -2.52. The Labute approximate surface area is 191 Å². The number of phenols is 2. The largest absolute Gasteiger partial charge is 0.508 e. The molecular formula is C24H40O4Si3. The van der Waals surface area contributed by atoms with Gasteiger partial charge in [0.15, 0.2) is 16.6 Å². The van der Waals surface area contributed by atoms with Crippen LogP contribution in [0.5, 0.6) is 11.5 Å². The van der Waals surface area contributed by atoms with Crippen LogP contribution < -0.4 is 0 Å². The summed E-state index contributed by atoms with van der Waals surface area (Å²) in [6, 6.07) is 17.3. The first-order chi connectivity index (χ1) is 14.4. The second-order valence-corrected chi connectivity index (χ2v) is 22.6. The molecule has 7 heteroatoms. The predicted molar refractivity (Wildman–Crippen MR) is 137 cm³/mol. The van der Waals surface area contributed by atoms with Crippen molar-refractivity contribution in [1.82, 2.24) is 0 Å². The smallest absolute Gasteiger partial charge is 0.311 e. The molecule has 0 amide bonds. The van der Waals surface area contributed by atoms with Gasteiger partial charge in [0.2, 0.25) is 0 Å². The molecule has 0 saturated carbocycles. The molecule has 2 aromatic carbocycles. The van der Waals surface area contributed by atoms with Crippen molar-refractivity contribution in [1.29, 1.82) is 0 Å². The average molecular weight is 477 g/mol. The van der Waals surface area contributed by atoms with Crippen molar-refractivity contribution < 1.29 is 18.4 Å². The first-order valence-electron chi connectivity index (χ1n) is 11.3. The number of aryl methyl sites for hydroxylation is 2. The van der Waals surface area contributed by atoms with E-state index in [0.717, 1.165) is 48.9 Å². The summed E-state index contributed by atoms with van der Waals surface area (Å²) in [7, 11) is -5.94. The lowest BCUT2D eigenvalue weighted by atomic mass is 10.1. The van der Waals surface area contributed by atoms with Crippen molar-refractivity contribution in [2.75, 3.05) is 0 Å². The van der Waals surface area contributed by atoms with Crippen molar-refractivity contribution in [2.24, 2.45) is 0 Å². The highest BCUT2D eigenvalue weighted by atomic mass is 28.5. The van der Waals surface area contributed by atoms with Crippen molar-refractivity contribution in [3.05, 3.63) is 59.7 Å². The van der Waals surface area contributed by atoms with Gasteiger partial charge < -0.3 is 18.4 Å². The second kappa shape index (κ2) is 11.0. The fourth-order valence-corrected chi connectivity index (χ4v) is 18.4. The molecule has 31 heavy (non-hydrogen) atoms. The van der Waals surface area contributed by atoms with Gasteiger partial charge in [-0.1, -0.05) is 36.4 Å². The third-order valence-electron chi connectivity index (χ3n) is 5.48. The number of hydrogen-bond donors (Lipinski definition) is 2. The van der Waals surface area contributed by atoms with E-state index in [0.29, 0.717) is 11.5 Å². The van der Waals surface area contributed by atoms with Gasteiger partial charge in [-0.25, -0.2) is 0 Å². The second-order valence-electron chi connectivity index (χ2n) is 10.1. The summed E-state index contributed by atoms with van der Waals surface area (Å²) in [6.45, 7) is 13.5. The Morgan fingerprint density at radius 1 is 0.613 bits per heavy atom. The zero-order valence-electron chi connectivity index (χ0n) is 20.1. The summed E-state index contributed by atoms with van der Waals surface area (Å²) in [5.41, 5.74) is 2.02. The minimum atomic E-state index is -2.23. The zero-order chi connectivity index (χ0) is 23.1. The topological polar surface area (TPSA) is 58.9 Å². The van der Waals surface area contributed by atoms with E-state index in [-0.39, 0.29) is 0 Å². The van der Waals surface area contributed by atoms with E-state index in [1.54, 1.807) is 12.1 Å². The van der Waals surface area contributed by atoms with Crippen LogP contribution in [0.1, 0.15) is 24.0 Å². The summed E-state index contributed by atoms with van der Waals surface area (Å²) in [6.07, 6.45) is 3.79. The summed E-state index contributed by atoms with van der Waals surface area (Å²) in [4.78, 5) is 0. The molecule has 0 saturated heterocycles. The Balaban J connectivity index is 1.82. The van der Waals surface area contributed by atoms with E-state index >= 15 is 0 Å². The zero-order valence-corrected chi connectivity index (χ0v) is 23.1.